The second-order valence-electron chi connectivity index (χ2n) is 7.56. The number of carbonyl (C=O) groups excluding carboxylic acids is 1. The van der Waals surface area contributed by atoms with E-state index in [2.05, 4.69) is 14.7 Å². The number of hydrazone groups is 1. The lowest BCUT2D eigenvalue weighted by Crippen LogP contribution is -2.34. The summed E-state index contributed by atoms with van der Waals surface area (Å²) in [5, 5.41) is 3.55. The highest BCUT2D eigenvalue weighted by Gasteiger charge is 2.25. The summed E-state index contributed by atoms with van der Waals surface area (Å²) < 4.78 is 41.7. The van der Waals surface area contributed by atoms with Gasteiger partial charge in [0.15, 0.2) is 0 Å². The molecule has 0 spiro atoms. The fourth-order valence-corrected chi connectivity index (χ4v) is 4.63. The minimum absolute atomic E-state index is 0. The molecule has 0 radical (unpaired) electrons. The van der Waals surface area contributed by atoms with Crippen LogP contribution in [0.5, 0.6) is 11.5 Å². The smallest absolute Gasteiger partial charge is 0.340 e. The van der Waals surface area contributed by atoms with Gasteiger partial charge in [-0.2, -0.15) is 13.5 Å². The number of ether oxygens (including phenoxy) is 2. The van der Waals surface area contributed by atoms with Crippen molar-refractivity contribution in [2.75, 3.05) is 26.8 Å². The number of halogens is 1. The minimum atomic E-state index is -4.26. The Balaban J connectivity index is 0.00000385. The van der Waals surface area contributed by atoms with E-state index < -0.39 is 16.1 Å². The summed E-state index contributed by atoms with van der Waals surface area (Å²) in [5.74, 6) is 5.43. The van der Waals surface area contributed by atoms with Gasteiger partial charge < -0.3 is 24.4 Å². The third kappa shape index (κ3) is 7.00. The van der Waals surface area contributed by atoms with Gasteiger partial charge in [0.25, 0.3) is 0 Å². The van der Waals surface area contributed by atoms with Crippen molar-refractivity contribution in [3.05, 3.63) is 53.6 Å². The summed E-state index contributed by atoms with van der Waals surface area (Å²) in [6.45, 7) is 4.04. The zero-order valence-corrected chi connectivity index (χ0v) is 20.1. The maximum absolute atomic E-state index is 12.9. The molecule has 0 bridgehead atoms. The van der Waals surface area contributed by atoms with E-state index in [0.717, 1.165) is 31.5 Å². The van der Waals surface area contributed by atoms with Crippen LogP contribution in [0, 0.1) is 12.8 Å². The van der Waals surface area contributed by atoms with Crippen molar-refractivity contribution in [3.8, 4) is 11.5 Å². The highest BCUT2D eigenvalue weighted by molar-refractivity contribution is 7.87. The number of hydrogen-bond donors (Lipinski definition) is 1. The van der Waals surface area contributed by atoms with Gasteiger partial charge >= 0.3 is 16.1 Å². The van der Waals surface area contributed by atoms with Crippen LogP contribution in [-0.2, 0) is 14.9 Å². The molecule has 9 nitrogen and oxygen atoms in total. The van der Waals surface area contributed by atoms with Gasteiger partial charge in [0.2, 0.25) is 0 Å². The fourth-order valence-electron chi connectivity index (χ4n) is 3.52. The quantitative estimate of drug-likeness (QED) is 0.147. The average Bonchev–Trinajstić information content (AvgIpc) is 2.77. The van der Waals surface area contributed by atoms with Crippen molar-refractivity contribution in [1.82, 2.24) is 4.90 Å². The number of rotatable bonds is 8. The number of carbonyl (C=O) groups is 1. The Morgan fingerprint density at radius 2 is 1.85 bits per heavy atom. The number of esters is 1. The summed E-state index contributed by atoms with van der Waals surface area (Å²) in [4.78, 5) is 13.8. The standard InChI is InChI=1S/C22H27N3O6S.ClH/c1-16-11-18(30-14-17-7-9-25(10-8-17)15-24-23)13-19(12-16)31-32(27,28)21-6-4-3-5-20(21)22(26)29-2;/h3-6,11-13,15,17H,7-10,14,23H2,1-2H3;1H. The largest absolute Gasteiger partial charge is 0.493 e. The molecule has 2 aromatic carbocycles. The first-order valence-corrected chi connectivity index (χ1v) is 11.6. The summed E-state index contributed by atoms with van der Waals surface area (Å²) in [5.41, 5.74) is 0.688. The molecule has 0 amide bonds. The highest BCUT2D eigenvalue weighted by atomic mass is 35.5. The van der Waals surface area contributed by atoms with Crippen LogP contribution in [0.1, 0.15) is 28.8 Å². The van der Waals surface area contributed by atoms with Crippen molar-refractivity contribution in [2.45, 2.75) is 24.7 Å². The van der Waals surface area contributed by atoms with Crippen molar-refractivity contribution in [3.63, 3.8) is 0 Å². The number of likely N-dealkylation sites (tertiary alicyclic amines) is 1. The van der Waals surface area contributed by atoms with E-state index in [0.29, 0.717) is 18.3 Å². The summed E-state index contributed by atoms with van der Waals surface area (Å²) >= 11 is 0. The monoisotopic (exact) mass is 497 g/mol. The average molecular weight is 498 g/mol. The molecule has 0 aromatic heterocycles. The Bertz CT molecular complexity index is 1090. The molecule has 1 aliphatic heterocycles. The van der Waals surface area contributed by atoms with E-state index in [1.165, 1.54) is 31.4 Å². The van der Waals surface area contributed by atoms with Crippen molar-refractivity contribution >= 4 is 34.8 Å². The molecule has 2 N–H and O–H groups in total. The first-order valence-electron chi connectivity index (χ1n) is 10.2. The highest BCUT2D eigenvalue weighted by Crippen LogP contribution is 2.28. The van der Waals surface area contributed by atoms with E-state index in [1.54, 1.807) is 18.5 Å². The van der Waals surface area contributed by atoms with Crippen LogP contribution in [-0.4, -0.2) is 52.4 Å². The Hall–Kier alpha value is -2.98. The zero-order chi connectivity index (χ0) is 23.1. The van der Waals surface area contributed by atoms with Crippen molar-refractivity contribution < 1.29 is 26.9 Å². The van der Waals surface area contributed by atoms with Gasteiger partial charge in [-0.1, -0.05) is 12.1 Å². The Labute approximate surface area is 200 Å². The second-order valence-corrected chi connectivity index (χ2v) is 9.08. The molecular formula is C22H28ClN3O6S. The predicted molar refractivity (Wildman–Crippen MR) is 126 cm³/mol. The molecule has 1 fully saturated rings. The van der Waals surface area contributed by atoms with Gasteiger partial charge in [-0.25, -0.2) is 4.79 Å². The molecule has 3 rings (SSSR count). The van der Waals surface area contributed by atoms with Gasteiger partial charge in [0.05, 0.1) is 19.3 Å². The van der Waals surface area contributed by atoms with Crippen LogP contribution in [0.4, 0.5) is 0 Å². The van der Waals surface area contributed by atoms with E-state index in [-0.39, 0.29) is 28.6 Å². The van der Waals surface area contributed by atoms with Crippen LogP contribution >= 0.6 is 12.4 Å². The third-order valence-corrected chi connectivity index (χ3v) is 6.46. The van der Waals surface area contributed by atoms with E-state index in [1.807, 2.05) is 13.0 Å². The van der Waals surface area contributed by atoms with Gasteiger partial charge in [-0.15, -0.1) is 12.4 Å². The molecule has 1 heterocycles. The Morgan fingerprint density at radius 3 is 2.52 bits per heavy atom. The molecule has 0 unspecified atom stereocenters. The number of benzene rings is 2. The molecule has 1 saturated heterocycles. The van der Waals surface area contributed by atoms with E-state index in [4.69, 9.17) is 14.8 Å². The Kier molecular flexibility index (Phi) is 9.36. The molecule has 180 valence electrons. The van der Waals surface area contributed by atoms with E-state index in [9.17, 15) is 13.2 Å². The number of nitrogens with two attached hydrogens (primary N) is 1. The minimum Gasteiger partial charge on any atom is -0.493 e. The molecule has 11 heteroatoms. The number of methoxy groups -OCH3 is 1. The summed E-state index contributed by atoms with van der Waals surface area (Å²) in [7, 11) is -3.08. The molecule has 33 heavy (non-hydrogen) atoms. The molecule has 0 saturated carbocycles. The topological polar surface area (TPSA) is 121 Å². The van der Waals surface area contributed by atoms with E-state index >= 15 is 0 Å². The van der Waals surface area contributed by atoms with Crippen LogP contribution in [0.25, 0.3) is 0 Å². The number of aryl methyl sites for hydroxylation is 1. The predicted octanol–water partition coefficient (Wildman–Crippen LogP) is 2.96. The summed E-state index contributed by atoms with van der Waals surface area (Å²) in [6, 6.07) is 10.7. The van der Waals surface area contributed by atoms with Crippen molar-refractivity contribution in [1.29, 1.82) is 0 Å². The lowest BCUT2D eigenvalue weighted by atomic mass is 9.98. The molecule has 1 aliphatic rings. The second kappa shape index (κ2) is 11.8. The van der Waals surface area contributed by atoms with Gasteiger partial charge in [-0.3, -0.25) is 0 Å². The Morgan fingerprint density at radius 1 is 1.18 bits per heavy atom. The zero-order valence-electron chi connectivity index (χ0n) is 18.5. The molecular weight excluding hydrogens is 470 g/mol. The number of piperidine rings is 1. The normalized spacial score (nSPS) is 14.5. The number of hydrogen-bond acceptors (Lipinski definition) is 8. The van der Waals surface area contributed by atoms with Gasteiger partial charge in [-0.05, 0) is 55.5 Å². The first kappa shape index (κ1) is 26.3. The number of nitrogens with zero attached hydrogens (tertiary/aromatic N) is 2. The van der Waals surface area contributed by atoms with Crippen LogP contribution in [0.2, 0.25) is 0 Å². The lowest BCUT2D eigenvalue weighted by Gasteiger charge is -2.30. The maximum atomic E-state index is 12.9. The van der Waals surface area contributed by atoms with Crippen molar-refractivity contribution in [2.24, 2.45) is 16.9 Å². The molecule has 2 aromatic rings. The molecule has 0 aliphatic carbocycles. The molecule has 0 atom stereocenters. The maximum Gasteiger partial charge on any atom is 0.340 e. The fraction of sp³-hybridized carbons (Fsp3) is 0.364. The van der Waals surface area contributed by atoms with Crippen LogP contribution in [0.3, 0.4) is 0 Å². The lowest BCUT2D eigenvalue weighted by molar-refractivity contribution is 0.0596. The third-order valence-electron chi connectivity index (χ3n) is 5.16. The van der Waals surface area contributed by atoms with Gasteiger partial charge in [0.1, 0.15) is 22.7 Å². The van der Waals surface area contributed by atoms with Crippen LogP contribution in [0.15, 0.2) is 52.5 Å². The first-order chi connectivity index (χ1) is 15.3. The summed E-state index contributed by atoms with van der Waals surface area (Å²) in [6.07, 6.45) is 3.53. The SMILES string of the molecule is COC(=O)c1ccccc1S(=O)(=O)Oc1cc(C)cc(OCC2CCN(C=NN)CC2)c1.Cl. The van der Waals surface area contributed by atoms with Gasteiger partial charge in [0, 0.05) is 19.2 Å². The van der Waals surface area contributed by atoms with Crippen LogP contribution < -0.4 is 14.8 Å².